The van der Waals surface area contributed by atoms with Crippen molar-refractivity contribution in [1.29, 1.82) is 0 Å². The van der Waals surface area contributed by atoms with Crippen molar-refractivity contribution >= 4 is 11.9 Å². The molecule has 92 valence electrons. The number of pyridine rings is 1. The lowest BCUT2D eigenvalue weighted by molar-refractivity contribution is -0.140. The van der Waals surface area contributed by atoms with Gasteiger partial charge in [-0.25, -0.2) is 4.39 Å². The van der Waals surface area contributed by atoms with Gasteiger partial charge in [0.1, 0.15) is 0 Å². The Morgan fingerprint density at radius 2 is 2.29 bits per heavy atom. The van der Waals surface area contributed by atoms with Crippen LogP contribution in [0.2, 0.25) is 0 Å². The molecule has 1 amide bonds. The highest BCUT2D eigenvalue weighted by atomic mass is 19.1. The van der Waals surface area contributed by atoms with E-state index < -0.39 is 11.7 Å². The molecule has 0 aromatic carbocycles. The first-order valence-electron chi connectivity index (χ1n) is 5.09. The first kappa shape index (κ1) is 13.1. The molecule has 5 nitrogen and oxygen atoms in total. The number of carbonyl (C=O) groups is 2. The topological polar surface area (TPSA) is 68.3 Å². The number of carbonyl (C=O) groups excluding carboxylic acids is 2. The van der Waals surface area contributed by atoms with Crippen LogP contribution in [0.3, 0.4) is 0 Å². The summed E-state index contributed by atoms with van der Waals surface area (Å²) in [5.41, 5.74) is -0.0573. The van der Waals surface area contributed by atoms with E-state index in [-0.39, 0.29) is 24.5 Å². The Morgan fingerprint density at radius 3 is 2.94 bits per heavy atom. The molecule has 0 unspecified atom stereocenters. The normalized spacial score (nSPS) is 9.76. The Morgan fingerprint density at radius 1 is 1.53 bits per heavy atom. The van der Waals surface area contributed by atoms with Gasteiger partial charge in [-0.2, -0.15) is 0 Å². The number of methoxy groups -OCH3 is 1. The monoisotopic (exact) mass is 240 g/mol. The van der Waals surface area contributed by atoms with Gasteiger partial charge < -0.3 is 10.1 Å². The predicted molar refractivity (Wildman–Crippen MR) is 57.8 cm³/mol. The van der Waals surface area contributed by atoms with Crippen LogP contribution in [0.5, 0.6) is 0 Å². The zero-order valence-electron chi connectivity index (χ0n) is 9.40. The van der Waals surface area contributed by atoms with Crippen molar-refractivity contribution in [3.8, 4) is 0 Å². The molecular weight excluding hydrogens is 227 g/mol. The van der Waals surface area contributed by atoms with Crippen LogP contribution in [0.25, 0.3) is 0 Å². The van der Waals surface area contributed by atoms with Gasteiger partial charge in [-0.05, 0) is 12.5 Å². The molecule has 6 heteroatoms. The minimum Gasteiger partial charge on any atom is -0.469 e. The summed E-state index contributed by atoms with van der Waals surface area (Å²) in [5, 5.41) is 2.50. The minimum atomic E-state index is -0.669. The molecule has 1 aromatic rings. The average Bonchev–Trinajstić information content (AvgIpc) is 2.34. The van der Waals surface area contributed by atoms with Crippen LogP contribution in [0.1, 0.15) is 23.2 Å². The molecule has 0 aliphatic carbocycles. The van der Waals surface area contributed by atoms with Crippen molar-refractivity contribution < 1.29 is 18.7 Å². The highest BCUT2D eigenvalue weighted by Gasteiger charge is 2.10. The zero-order valence-corrected chi connectivity index (χ0v) is 9.40. The molecular formula is C11H13FN2O3. The van der Waals surface area contributed by atoms with Crippen LogP contribution < -0.4 is 5.32 Å². The summed E-state index contributed by atoms with van der Waals surface area (Å²) < 4.78 is 17.6. The summed E-state index contributed by atoms with van der Waals surface area (Å²) in [6.45, 7) is 0.287. The summed E-state index contributed by atoms with van der Waals surface area (Å²) in [4.78, 5) is 25.8. The summed E-state index contributed by atoms with van der Waals surface area (Å²) in [5.74, 6) is -1.53. The van der Waals surface area contributed by atoms with Crippen LogP contribution >= 0.6 is 0 Å². The number of hydrogen-bond acceptors (Lipinski definition) is 4. The zero-order chi connectivity index (χ0) is 12.7. The average molecular weight is 240 g/mol. The molecule has 1 N–H and O–H groups in total. The molecule has 0 fully saturated rings. The number of rotatable bonds is 5. The number of amides is 1. The second kappa shape index (κ2) is 6.57. The number of hydrogen-bond donors (Lipinski definition) is 1. The fraction of sp³-hybridized carbons (Fsp3) is 0.364. The number of nitrogens with one attached hydrogen (secondary N) is 1. The van der Waals surface area contributed by atoms with E-state index >= 15 is 0 Å². The molecule has 0 spiro atoms. The van der Waals surface area contributed by atoms with Crippen LogP contribution in [0.15, 0.2) is 18.5 Å². The fourth-order valence-electron chi connectivity index (χ4n) is 1.19. The van der Waals surface area contributed by atoms with Crippen molar-refractivity contribution in [2.45, 2.75) is 12.8 Å². The van der Waals surface area contributed by atoms with Gasteiger partial charge in [0.15, 0.2) is 5.82 Å². The Balaban J connectivity index is 2.36. The summed E-state index contributed by atoms with van der Waals surface area (Å²) in [6, 6.07) is 1.30. The van der Waals surface area contributed by atoms with Gasteiger partial charge in [0.25, 0.3) is 5.91 Å². The lowest BCUT2D eigenvalue weighted by Gasteiger charge is -2.05. The Hall–Kier alpha value is -1.98. The van der Waals surface area contributed by atoms with E-state index in [2.05, 4.69) is 15.0 Å². The van der Waals surface area contributed by atoms with Gasteiger partial charge in [0.2, 0.25) is 0 Å². The molecule has 0 saturated heterocycles. The van der Waals surface area contributed by atoms with Crippen molar-refractivity contribution in [2.75, 3.05) is 13.7 Å². The lowest BCUT2D eigenvalue weighted by atomic mass is 10.2. The quantitative estimate of drug-likeness (QED) is 0.613. The largest absolute Gasteiger partial charge is 0.469 e. The number of halogens is 1. The lowest BCUT2D eigenvalue weighted by Crippen LogP contribution is -2.25. The predicted octanol–water partition coefficient (Wildman–Crippen LogP) is 0.904. The van der Waals surface area contributed by atoms with Gasteiger partial charge in [0, 0.05) is 19.2 Å². The number of aromatic nitrogens is 1. The van der Waals surface area contributed by atoms with Gasteiger partial charge in [0.05, 0.1) is 18.9 Å². The van der Waals surface area contributed by atoms with Crippen molar-refractivity contribution in [1.82, 2.24) is 10.3 Å². The molecule has 0 radical (unpaired) electrons. The second-order valence-electron chi connectivity index (χ2n) is 3.29. The summed E-state index contributed by atoms with van der Waals surface area (Å²) >= 11 is 0. The van der Waals surface area contributed by atoms with Gasteiger partial charge in [-0.1, -0.05) is 0 Å². The third-order valence-corrected chi connectivity index (χ3v) is 2.09. The maximum atomic E-state index is 13.1. The number of nitrogens with zero attached hydrogens (tertiary/aromatic N) is 1. The van der Waals surface area contributed by atoms with E-state index in [4.69, 9.17) is 0 Å². The fourth-order valence-corrected chi connectivity index (χ4v) is 1.19. The smallest absolute Gasteiger partial charge is 0.305 e. The standard InChI is InChI=1S/C11H13FN2O3/c1-17-10(15)3-2-5-14-11(16)8-4-6-13-7-9(8)12/h4,6-7H,2-3,5H2,1H3,(H,14,16). The third kappa shape index (κ3) is 4.18. The van der Waals surface area contributed by atoms with Crippen LogP contribution in [0, 0.1) is 5.82 Å². The molecule has 1 aromatic heterocycles. The van der Waals surface area contributed by atoms with Crippen molar-refractivity contribution in [3.05, 3.63) is 29.8 Å². The molecule has 0 atom stereocenters. The highest BCUT2D eigenvalue weighted by molar-refractivity contribution is 5.94. The van der Waals surface area contributed by atoms with Gasteiger partial charge in [-0.15, -0.1) is 0 Å². The van der Waals surface area contributed by atoms with Gasteiger partial charge in [-0.3, -0.25) is 14.6 Å². The number of ether oxygens (including phenoxy) is 1. The summed E-state index contributed by atoms with van der Waals surface area (Å²) in [7, 11) is 1.30. The Bertz CT molecular complexity index is 409. The molecule has 0 bridgehead atoms. The van der Waals surface area contributed by atoms with Crippen molar-refractivity contribution in [3.63, 3.8) is 0 Å². The van der Waals surface area contributed by atoms with E-state index in [1.165, 1.54) is 19.4 Å². The first-order valence-corrected chi connectivity index (χ1v) is 5.09. The third-order valence-electron chi connectivity index (χ3n) is 2.09. The molecule has 1 rings (SSSR count). The van der Waals surface area contributed by atoms with E-state index in [1.54, 1.807) is 0 Å². The van der Waals surface area contributed by atoms with E-state index in [0.717, 1.165) is 6.20 Å². The minimum absolute atomic E-state index is 0.0573. The molecule has 1 heterocycles. The van der Waals surface area contributed by atoms with Crippen LogP contribution in [-0.2, 0) is 9.53 Å². The van der Waals surface area contributed by atoms with Crippen LogP contribution in [0.4, 0.5) is 4.39 Å². The Kier molecular flexibility index (Phi) is 5.06. The van der Waals surface area contributed by atoms with Crippen LogP contribution in [-0.4, -0.2) is 30.5 Å². The SMILES string of the molecule is COC(=O)CCCNC(=O)c1ccncc1F. The molecule has 17 heavy (non-hydrogen) atoms. The molecule has 0 aliphatic rings. The van der Waals surface area contributed by atoms with E-state index in [0.29, 0.717) is 6.42 Å². The van der Waals surface area contributed by atoms with Crippen molar-refractivity contribution in [2.24, 2.45) is 0 Å². The maximum absolute atomic E-state index is 13.1. The Labute approximate surface area is 98.0 Å². The van der Waals surface area contributed by atoms with Gasteiger partial charge >= 0.3 is 5.97 Å². The molecule has 0 saturated carbocycles. The first-order chi connectivity index (χ1) is 8.15. The maximum Gasteiger partial charge on any atom is 0.305 e. The highest BCUT2D eigenvalue weighted by Crippen LogP contribution is 2.03. The number of esters is 1. The molecule has 0 aliphatic heterocycles. The van der Waals surface area contributed by atoms with E-state index in [9.17, 15) is 14.0 Å². The second-order valence-corrected chi connectivity index (χ2v) is 3.29. The van der Waals surface area contributed by atoms with E-state index in [1.807, 2.05) is 0 Å². The summed E-state index contributed by atoms with van der Waals surface area (Å²) in [6.07, 6.45) is 2.98.